The van der Waals surface area contributed by atoms with Crippen LogP contribution in [0.4, 0.5) is 8.78 Å². The quantitative estimate of drug-likeness (QED) is 0.737. The Morgan fingerprint density at radius 3 is 2.67 bits per heavy atom. The first-order chi connectivity index (χ1) is 5.61. The lowest BCUT2D eigenvalue weighted by Crippen LogP contribution is -2.10. The molecule has 0 aliphatic carbocycles. The van der Waals surface area contributed by atoms with E-state index in [4.69, 9.17) is 0 Å². The predicted molar refractivity (Wildman–Crippen MR) is 42.3 cm³/mol. The molecule has 1 aromatic heterocycles. The van der Waals surface area contributed by atoms with Crippen molar-refractivity contribution in [1.82, 2.24) is 4.98 Å². The molecule has 0 N–H and O–H groups in total. The summed E-state index contributed by atoms with van der Waals surface area (Å²) in [6.45, 7) is 0. The molecule has 0 unspecified atom stereocenters. The summed E-state index contributed by atoms with van der Waals surface area (Å²) < 4.78 is 24.2. The first kappa shape index (κ1) is 9.25. The Kier molecular flexibility index (Phi) is 2.86. The number of carbonyl (C=O) groups excluding carboxylic acids is 1. The molecule has 0 aliphatic rings. The van der Waals surface area contributed by atoms with Crippen LogP contribution in [0.2, 0.25) is 0 Å². The molecule has 0 bridgehead atoms. The maximum absolute atomic E-state index is 11.9. The van der Waals surface area contributed by atoms with E-state index in [0.29, 0.717) is 4.47 Å². The number of aromatic nitrogens is 1. The highest BCUT2D eigenvalue weighted by Crippen LogP contribution is 2.12. The molecule has 0 atom stereocenters. The average Bonchev–Trinajstić information content (AvgIpc) is 2.03. The highest BCUT2D eigenvalue weighted by molar-refractivity contribution is 9.10. The number of alkyl halides is 2. The summed E-state index contributed by atoms with van der Waals surface area (Å²) in [5.74, 6) is -1.20. The summed E-state index contributed by atoms with van der Waals surface area (Å²) in [4.78, 5) is 14.3. The van der Waals surface area contributed by atoms with Gasteiger partial charge in [-0.1, -0.05) is 0 Å². The van der Waals surface area contributed by atoms with E-state index < -0.39 is 12.2 Å². The summed E-state index contributed by atoms with van der Waals surface area (Å²) in [6, 6.07) is 1.31. The Morgan fingerprint density at radius 1 is 1.50 bits per heavy atom. The van der Waals surface area contributed by atoms with E-state index >= 15 is 0 Å². The molecule has 64 valence electrons. The van der Waals surface area contributed by atoms with Crippen molar-refractivity contribution in [3.05, 3.63) is 28.5 Å². The molecule has 0 aliphatic heterocycles. The number of hydrogen-bond acceptors (Lipinski definition) is 2. The van der Waals surface area contributed by atoms with Crippen LogP contribution in [-0.2, 0) is 0 Å². The number of pyridine rings is 1. The SMILES string of the molecule is O=C(c1cncc(Br)c1)C(F)F. The standard InChI is InChI=1S/C7H4BrF2NO/c8-5-1-4(2-11-3-5)6(12)7(9)10/h1-3,7H. The Labute approximate surface area is 75.7 Å². The summed E-state index contributed by atoms with van der Waals surface area (Å²) >= 11 is 3.02. The molecule has 0 spiro atoms. The van der Waals surface area contributed by atoms with Crippen LogP contribution < -0.4 is 0 Å². The molecule has 5 heteroatoms. The second-order valence-electron chi connectivity index (χ2n) is 2.06. The molecule has 0 aromatic carbocycles. The fourth-order valence-electron chi connectivity index (χ4n) is 0.673. The molecule has 0 saturated heterocycles. The van der Waals surface area contributed by atoms with E-state index in [1.165, 1.54) is 12.3 Å². The van der Waals surface area contributed by atoms with Gasteiger partial charge in [0.15, 0.2) is 0 Å². The third-order valence-electron chi connectivity index (χ3n) is 1.19. The third kappa shape index (κ3) is 2.07. The summed E-state index contributed by atoms with van der Waals surface area (Å²) in [6.07, 6.45) is -0.442. The van der Waals surface area contributed by atoms with Gasteiger partial charge in [0.05, 0.1) is 0 Å². The van der Waals surface area contributed by atoms with Crippen LogP contribution >= 0.6 is 15.9 Å². The number of rotatable bonds is 2. The molecule has 0 amide bonds. The molecule has 1 heterocycles. The predicted octanol–water partition coefficient (Wildman–Crippen LogP) is 2.29. The lowest BCUT2D eigenvalue weighted by Gasteiger charge is -1.97. The van der Waals surface area contributed by atoms with E-state index in [-0.39, 0.29) is 5.56 Å². The second-order valence-corrected chi connectivity index (χ2v) is 2.97. The lowest BCUT2D eigenvalue weighted by atomic mass is 10.2. The fraction of sp³-hybridized carbons (Fsp3) is 0.143. The van der Waals surface area contributed by atoms with Crippen molar-refractivity contribution in [2.24, 2.45) is 0 Å². The monoisotopic (exact) mass is 235 g/mol. The summed E-state index contributed by atoms with van der Waals surface area (Å²) in [7, 11) is 0. The van der Waals surface area contributed by atoms with Crippen LogP contribution in [-0.4, -0.2) is 17.2 Å². The number of hydrogen-bond donors (Lipinski definition) is 0. The minimum atomic E-state index is -2.97. The van der Waals surface area contributed by atoms with Gasteiger partial charge < -0.3 is 0 Å². The van der Waals surface area contributed by atoms with Gasteiger partial charge in [0, 0.05) is 22.4 Å². The van der Waals surface area contributed by atoms with Gasteiger partial charge in [-0.15, -0.1) is 0 Å². The first-order valence-corrected chi connectivity index (χ1v) is 3.83. The molecular formula is C7H4BrF2NO. The topological polar surface area (TPSA) is 30.0 Å². The van der Waals surface area contributed by atoms with Gasteiger partial charge in [-0.25, -0.2) is 8.78 Å². The Hall–Kier alpha value is -0.840. The minimum Gasteiger partial charge on any atom is -0.288 e. The Bertz CT molecular complexity index is 303. The zero-order valence-corrected chi connectivity index (χ0v) is 7.38. The molecule has 0 fully saturated rings. The van der Waals surface area contributed by atoms with Gasteiger partial charge >= 0.3 is 6.43 Å². The van der Waals surface area contributed by atoms with Crippen LogP contribution in [0.3, 0.4) is 0 Å². The molecule has 1 aromatic rings. The number of carbonyl (C=O) groups is 1. The number of halogens is 3. The highest BCUT2D eigenvalue weighted by atomic mass is 79.9. The van der Waals surface area contributed by atoms with Gasteiger partial charge in [0.2, 0.25) is 5.78 Å². The van der Waals surface area contributed by atoms with E-state index in [1.54, 1.807) is 0 Å². The fourth-order valence-corrected chi connectivity index (χ4v) is 1.04. The van der Waals surface area contributed by atoms with Crippen molar-refractivity contribution < 1.29 is 13.6 Å². The first-order valence-electron chi connectivity index (χ1n) is 3.04. The van der Waals surface area contributed by atoms with Crippen molar-refractivity contribution in [1.29, 1.82) is 0 Å². The molecule has 1 rings (SSSR count). The minimum absolute atomic E-state index is 0.0839. The van der Waals surface area contributed by atoms with Gasteiger partial charge in [0.25, 0.3) is 0 Å². The molecule has 0 radical (unpaired) electrons. The van der Waals surface area contributed by atoms with E-state index in [1.807, 2.05) is 0 Å². The summed E-state index contributed by atoms with van der Waals surface area (Å²) in [5, 5.41) is 0. The van der Waals surface area contributed by atoms with Gasteiger partial charge in [-0.2, -0.15) is 0 Å². The smallest absolute Gasteiger partial charge is 0.288 e. The van der Waals surface area contributed by atoms with E-state index in [2.05, 4.69) is 20.9 Å². The third-order valence-corrected chi connectivity index (χ3v) is 1.62. The van der Waals surface area contributed by atoms with Crippen LogP contribution in [0.15, 0.2) is 22.9 Å². The van der Waals surface area contributed by atoms with Crippen LogP contribution in [0.1, 0.15) is 10.4 Å². The van der Waals surface area contributed by atoms with Gasteiger partial charge in [0.1, 0.15) is 0 Å². The Morgan fingerprint density at radius 2 is 2.17 bits per heavy atom. The highest BCUT2D eigenvalue weighted by Gasteiger charge is 2.17. The van der Waals surface area contributed by atoms with E-state index in [0.717, 1.165) is 6.20 Å². The van der Waals surface area contributed by atoms with Crippen molar-refractivity contribution in [3.8, 4) is 0 Å². The van der Waals surface area contributed by atoms with Crippen LogP contribution in [0.5, 0.6) is 0 Å². The molecule has 0 saturated carbocycles. The van der Waals surface area contributed by atoms with E-state index in [9.17, 15) is 13.6 Å². The summed E-state index contributed by atoms with van der Waals surface area (Å²) in [5.41, 5.74) is -0.0839. The largest absolute Gasteiger partial charge is 0.300 e. The Balaban J connectivity index is 2.96. The number of nitrogens with zero attached hydrogens (tertiary/aromatic N) is 1. The van der Waals surface area contributed by atoms with Gasteiger partial charge in [-0.3, -0.25) is 9.78 Å². The second kappa shape index (κ2) is 3.71. The maximum Gasteiger partial charge on any atom is 0.300 e. The molecule has 12 heavy (non-hydrogen) atoms. The zero-order valence-electron chi connectivity index (χ0n) is 5.80. The lowest BCUT2D eigenvalue weighted by molar-refractivity contribution is 0.0678. The normalized spacial score (nSPS) is 10.3. The molecular weight excluding hydrogens is 232 g/mol. The maximum atomic E-state index is 11.9. The zero-order chi connectivity index (χ0) is 9.14. The van der Waals surface area contributed by atoms with Crippen LogP contribution in [0, 0.1) is 0 Å². The number of Topliss-reactive ketones (excluding diaryl/α,β-unsaturated/α-hetero) is 1. The molecule has 2 nitrogen and oxygen atoms in total. The van der Waals surface area contributed by atoms with Crippen molar-refractivity contribution in [2.45, 2.75) is 6.43 Å². The van der Waals surface area contributed by atoms with Crippen molar-refractivity contribution in [2.75, 3.05) is 0 Å². The van der Waals surface area contributed by atoms with Crippen molar-refractivity contribution in [3.63, 3.8) is 0 Å². The van der Waals surface area contributed by atoms with Gasteiger partial charge in [-0.05, 0) is 22.0 Å². The average molecular weight is 236 g/mol. The van der Waals surface area contributed by atoms with Crippen LogP contribution in [0.25, 0.3) is 0 Å². The number of ketones is 1. The van der Waals surface area contributed by atoms with Crippen molar-refractivity contribution >= 4 is 21.7 Å².